The molecule has 2 aromatic carbocycles. The van der Waals surface area contributed by atoms with Gasteiger partial charge in [-0.25, -0.2) is 4.79 Å². The van der Waals surface area contributed by atoms with E-state index in [1.807, 2.05) is 48.2 Å². The molecule has 1 atom stereocenters. The number of hydrogen-bond donors (Lipinski definition) is 1. The molecule has 1 N–H and O–H groups in total. The van der Waals surface area contributed by atoms with E-state index in [0.29, 0.717) is 6.54 Å². The minimum absolute atomic E-state index is 0.0377. The molecule has 2 amide bonds. The fourth-order valence-corrected chi connectivity index (χ4v) is 3.93. The number of carbonyl (C=O) groups is 1. The van der Waals surface area contributed by atoms with Crippen molar-refractivity contribution < 1.29 is 14.3 Å². The molecule has 1 aliphatic heterocycles. The van der Waals surface area contributed by atoms with E-state index in [9.17, 15) is 4.79 Å². The van der Waals surface area contributed by atoms with E-state index in [-0.39, 0.29) is 12.1 Å². The minimum Gasteiger partial charge on any atom is -0.497 e. The van der Waals surface area contributed by atoms with Crippen LogP contribution in [0.25, 0.3) is 0 Å². The Morgan fingerprint density at radius 2 is 2.00 bits per heavy atom. The van der Waals surface area contributed by atoms with Crippen LogP contribution in [0.15, 0.2) is 40.9 Å². The molecule has 0 saturated carbocycles. The molecule has 0 aromatic heterocycles. The van der Waals surface area contributed by atoms with E-state index < -0.39 is 0 Å². The van der Waals surface area contributed by atoms with Gasteiger partial charge in [-0.15, -0.1) is 0 Å². The van der Waals surface area contributed by atoms with Crippen LogP contribution in [0.3, 0.4) is 0 Å². The second kappa shape index (κ2) is 7.99. The lowest BCUT2D eigenvalue weighted by atomic mass is 10.0. The van der Waals surface area contributed by atoms with Crippen LogP contribution in [0.4, 0.5) is 10.5 Å². The first-order valence-corrected chi connectivity index (χ1v) is 9.38. The molecular formula is C20H23BrN2O3. The van der Waals surface area contributed by atoms with Crippen LogP contribution in [0.2, 0.25) is 0 Å². The second-order valence-electron chi connectivity index (χ2n) is 6.37. The Hall–Kier alpha value is -2.21. The Bertz CT molecular complexity index is 810. The van der Waals surface area contributed by atoms with E-state index >= 15 is 0 Å². The molecule has 0 bridgehead atoms. The molecule has 26 heavy (non-hydrogen) atoms. The molecule has 1 fully saturated rings. The summed E-state index contributed by atoms with van der Waals surface area (Å²) in [5, 5.41) is 3.01. The summed E-state index contributed by atoms with van der Waals surface area (Å²) in [5.74, 6) is 1.53. The fourth-order valence-electron chi connectivity index (χ4n) is 3.34. The van der Waals surface area contributed by atoms with Gasteiger partial charge in [-0.1, -0.05) is 6.07 Å². The lowest BCUT2D eigenvalue weighted by Crippen LogP contribution is -2.34. The highest BCUT2D eigenvalue weighted by atomic mass is 79.9. The van der Waals surface area contributed by atoms with Gasteiger partial charge in [0, 0.05) is 16.6 Å². The topological polar surface area (TPSA) is 50.8 Å². The van der Waals surface area contributed by atoms with Crippen molar-refractivity contribution >= 4 is 27.6 Å². The first-order chi connectivity index (χ1) is 12.5. The second-order valence-corrected chi connectivity index (χ2v) is 7.23. The van der Waals surface area contributed by atoms with Gasteiger partial charge in [0.05, 0.1) is 25.9 Å². The summed E-state index contributed by atoms with van der Waals surface area (Å²) in [4.78, 5) is 14.8. The Balaban J connectivity index is 1.85. The molecule has 138 valence electrons. The van der Waals surface area contributed by atoms with Gasteiger partial charge in [0.2, 0.25) is 0 Å². The van der Waals surface area contributed by atoms with Crippen LogP contribution < -0.4 is 14.8 Å². The number of aryl methyl sites for hydroxylation is 1. The number of rotatable bonds is 4. The molecule has 1 heterocycles. The molecule has 0 radical (unpaired) electrons. The number of methoxy groups -OCH3 is 2. The third-order valence-electron chi connectivity index (χ3n) is 4.68. The van der Waals surface area contributed by atoms with E-state index in [2.05, 4.69) is 21.2 Å². The lowest BCUT2D eigenvalue weighted by Gasteiger charge is -2.27. The SMILES string of the molecule is COc1ccc(OC)c(C2CCCN2C(=O)Nc2ccc(C)cc2Br)c1. The quantitative estimate of drug-likeness (QED) is 0.747. The zero-order valence-corrected chi connectivity index (χ0v) is 16.8. The van der Waals surface area contributed by atoms with Gasteiger partial charge in [0.1, 0.15) is 11.5 Å². The van der Waals surface area contributed by atoms with Crippen molar-refractivity contribution in [2.75, 3.05) is 26.1 Å². The number of urea groups is 1. The highest BCUT2D eigenvalue weighted by molar-refractivity contribution is 9.10. The smallest absolute Gasteiger partial charge is 0.322 e. The number of ether oxygens (including phenoxy) is 2. The zero-order valence-electron chi connectivity index (χ0n) is 15.2. The van der Waals surface area contributed by atoms with Crippen molar-refractivity contribution in [1.82, 2.24) is 4.90 Å². The van der Waals surface area contributed by atoms with Gasteiger partial charge in [0.25, 0.3) is 0 Å². The van der Waals surface area contributed by atoms with Crippen LogP contribution in [0, 0.1) is 6.92 Å². The van der Waals surface area contributed by atoms with Crippen molar-refractivity contribution in [2.24, 2.45) is 0 Å². The summed E-state index contributed by atoms with van der Waals surface area (Å²) in [6.07, 6.45) is 1.85. The highest BCUT2D eigenvalue weighted by Crippen LogP contribution is 2.39. The van der Waals surface area contributed by atoms with Gasteiger partial charge in [-0.3, -0.25) is 0 Å². The predicted octanol–water partition coefficient (Wildman–Crippen LogP) is 5.14. The number of amides is 2. The van der Waals surface area contributed by atoms with E-state index in [0.717, 1.165) is 45.6 Å². The molecule has 1 unspecified atom stereocenters. The normalized spacial score (nSPS) is 16.5. The molecule has 0 spiro atoms. The van der Waals surface area contributed by atoms with Gasteiger partial charge in [-0.05, 0) is 71.6 Å². The Labute approximate surface area is 162 Å². The van der Waals surface area contributed by atoms with Crippen molar-refractivity contribution in [1.29, 1.82) is 0 Å². The highest BCUT2D eigenvalue weighted by Gasteiger charge is 2.32. The standard InChI is InChI=1S/C20H23BrN2O3/c1-13-6-8-17(16(21)11-13)22-20(24)23-10-4-5-18(23)15-12-14(25-2)7-9-19(15)26-3/h6-9,11-12,18H,4-5,10H2,1-3H3,(H,22,24). The summed E-state index contributed by atoms with van der Waals surface area (Å²) in [6.45, 7) is 2.72. The first-order valence-electron chi connectivity index (χ1n) is 8.59. The number of halogens is 1. The predicted molar refractivity (Wildman–Crippen MR) is 106 cm³/mol. The monoisotopic (exact) mass is 418 g/mol. The minimum atomic E-state index is -0.109. The lowest BCUT2D eigenvalue weighted by molar-refractivity contribution is 0.206. The molecule has 6 heteroatoms. The number of nitrogens with zero attached hydrogens (tertiary/aromatic N) is 1. The summed E-state index contributed by atoms with van der Waals surface area (Å²) < 4.78 is 11.7. The van der Waals surface area contributed by atoms with E-state index in [1.54, 1.807) is 14.2 Å². The zero-order chi connectivity index (χ0) is 18.7. The number of hydrogen-bond acceptors (Lipinski definition) is 3. The van der Waals surface area contributed by atoms with Crippen molar-refractivity contribution in [3.05, 3.63) is 52.0 Å². The maximum Gasteiger partial charge on any atom is 0.322 e. The summed E-state index contributed by atoms with van der Waals surface area (Å²) in [7, 11) is 3.29. The Morgan fingerprint density at radius 1 is 1.19 bits per heavy atom. The number of benzene rings is 2. The van der Waals surface area contributed by atoms with Crippen LogP contribution in [-0.4, -0.2) is 31.7 Å². The molecule has 1 saturated heterocycles. The number of carbonyl (C=O) groups excluding carboxylic acids is 1. The average molecular weight is 419 g/mol. The van der Waals surface area contributed by atoms with Crippen LogP contribution in [0.5, 0.6) is 11.5 Å². The Morgan fingerprint density at radius 3 is 2.69 bits per heavy atom. The number of anilines is 1. The molecule has 3 rings (SSSR count). The van der Waals surface area contributed by atoms with Crippen LogP contribution >= 0.6 is 15.9 Å². The largest absolute Gasteiger partial charge is 0.497 e. The van der Waals surface area contributed by atoms with Crippen molar-refractivity contribution in [3.8, 4) is 11.5 Å². The molecule has 1 aliphatic rings. The van der Waals surface area contributed by atoms with Crippen LogP contribution in [-0.2, 0) is 0 Å². The molecule has 2 aromatic rings. The fraction of sp³-hybridized carbons (Fsp3) is 0.350. The summed E-state index contributed by atoms with van der Waals surface area (Å²) in [6, 6.07) is 11.4. The maximum absolute atomic E-state index is 12.9. The summed E-state index contributed by atoms with van der Waals surface area (Å²) in [5.41, 5.74) is 2.88. The van der Waals surface area contributed by atoms with Crippen LogP contribution in [0.1, 0.15) is 30.0 Å². The maximum atomic E-state index is 12.9. The van der Waals surface area contributed by atoms with Gasteiger partial charge < -0.3 is 19.7 Å². The average Bonchev–Trinajstić information content (AvgIpc) is 3.13. The molecule has 0 aliphatic carbocycles. The molecular weight excluding hydrogens is 396 g/mol. The van der Waals surface area contributed by atoms with Gasteiger partial charge >= 0.3 is 6.03 Å². The van der Waals surface area contributed by atoms with Crippen molar-refractivity contribution in [3.63, 3.8) is 0 Å². The summed E-state index contributed by atoms with van der Waals surface area (Å²) >= 11 is 3.52. The van der Waals surface area contributed by atoms with Crippen molar-refractivity contribution in [2.45, 2.75) is 25.8 Å². The first kappa shape index (κ1) is 18.6. The van der Waals surface area contributed by atoms with Gasteiger partial charge in [0.15, 0.2) is 0 Å². The van der Waals surface area contributed by atoms with E-state index in [4.69, 9.17) is 9.47 Å². The molecule has 5 nitrogen and oxygen atoms in total. The van der Waals surface area contributed by atoms with E-state index in [1.165, 1.54) is 0 Å². The number of nitrogens with one attached hydrogen (secondary N) is 1. The Kier molecular flexibility index (Phi) is 5.71. The third kappa shape index (κ3) is 3.80. The van der Waals surface area contributed by atoms with Gasteiger partial charge in [-0.2, -0.15) is 0 Å². The third-order valence-corrected chi connectivity index (χ3v) is 5.33. The number of likely N-dealkylation sites (tertiary alicyclic amines) is 1.